The van der Waals surface area contributed by atoms with Crippen LogP contribution < -0.4 is 9.47 Å². The second-order valence-electron chi connectivity index (χ2n) is 8.76. The van der Waals surface area contributed by atoms with Crippen LogP contribution in [0.4, 0.5) is 0 Å². The van der Waals surface area contributed by atoms with Crippen molar-refractivity contribution in [1.82, 2.24) is 9.96 Å². The standard InChI is InChI=1S/C22H26N2O8S2/c1-23-18(27)21(34-4)10-20(29)14(26)9-8-12(25)16(20)32-24(21)19(28)22(23)17(33-3)11-6-5-7-13(30-2)15(11)31-22/h5-9,12,14,16-17,25-26,29H,10H2,1-4H3/t12-,14-,16+,17-,20+,21-,22+/m1/s1. The van der Waals surface area contributed by atoms with Crippen LogP contribution in [-0.4, -0.2) is 98.3 Å². The smallest absolute Gasteiger partial charge is 0.315 e. The Morgan fingerprint density at radius 3 is 2.56 bits per heavy atom. The van der Waals surface area contributed by atoms with Crippen LogP contribution in [-0.2, 0) is 14.4 Å². The van der Waals surface area contributed by atoms with Crippen molar-refractivity contribution >= 4 is 35.3 Å². The molecular formula is C22H26N2O8S2. The third-order valence-electron chi connectivity index (χ3n) is 7.20. The van der Waals surface area contributed by atoms with Crippen LogP contribution >= 0.6 is 23.5 Å². The van der Waals surface area contributed by atoms with E-state index in [0.717, 1.165) is 16.8 Å². The van der Waals surface area contributed by atoms with Gasteiger partial charge in [0.1, 0.15) is 29.2 Å². The van der Waals surface area contributed by atoms with Gasteiger partial charge in [0.05, 0.1) is 7.11 Å². The fraction of sp³-hybridized carbons (Fsp3) is 0.545. The van der Waals surface area contributed by atoms with Crippen molar-refractivity contribution in [2.75, 3.05) is 26.7 Å². The third kappa shape index (κ3) is 2.69. The summed E-state index contributed by atoms with van der Waals surface area (Å²) in [6.45, 7) is 0. The van der Waals surface area contributed by atoms with E-state index in [9.17, 15) is 24.9 Å². The van der Waals surface area contributed by atoms with E-state index in [-0.39, 0.29) is 6.42 Å². The zero-order chi connectivity index (χ0) is 24.6. The topological polar surface area (TPSA) is 129 Å². The van der Waals surface area contributed by atoms with Crippen LogP contribution in [0.1, 0.15) is 17.2 Å². The van der Waals surface area contributed by atoms with Crippen molar-refractivity contribution in [1.29, 1.82) is 0 Å². The summed E-state index contributed by atoms with van der Waals surface area (Å²) >= 11 is 2.36. The number of thioether (sulfide) groups is 2. The molecule has 5 rings (SSSR count). The molecular weight excluding hydrogens is 484 g/mol. The molecule has 1 spiro atoms. The molecule has 3 N–H and O–H groups in total. The van der Waals surface area contributed by atoms with Crippen molar-refractivity contribution < 1.29 is 39.2 Å². The number of piperazine rings is 1. The lowest BCUT2D eigenvalue weighted by molar-refractivity contribution is -0.338. The largest absolute Gasteiger partial charge is 0.493 e. The third-order valence-corrected chi connectivity index (χ3v) is 9.41. The fourth-order valence-corrected chi connectivity index (χ4v) is 7.44. The molecule has 2 fully saturated rings. The van der Waals surface area contributed by atoms with Crippen LogP contribution in [0.5, 0.6) is 11.5 Å². The molecule has 184 valence electrons. The van der Waals surface area contributed by atoms with Gasteiger partial charge in [-0.1, -0.05) is 24.3 Å². The molecule has 0 aromatic heterocycles. The first-order chi connectivity index (χ1) is 16.1. The van der Waals surface area contributed by atoms with Gasteiger partial charge in [0.15, 0.2) is 16.4 Å². The van der Waals surface area contributed by atoms with Gasteiger partial charge in [0.25, 0.3) is 11.6 Å². The molecule has 1 aromatic carbocycles. The molecule has 7 atom stereocenters. The lowest BCUT2D eigenvalue weighted by Gasteiger charge is -2.60. The minimum Gasteiger partial charge on any atom is -0.493 e. The average Bonchev–Trinajstić information content (AvgIpc) is 3.19. The number of nitrogens with zero attached hydrogens (tertiary/aromatic N) is 2. The minimum absolute atomic E-state index is 0.348. The first-order valence-corrected chi connectivity index (χ1v) is 13.1. The Morgan fingerprint density at radius 1 is 1.18 bits per heavy atom. The van der Waals surface area contributed by atoms with Crippen LogP contribution in [0.15, 0.2) is 30.4 Å². The maximum absolute atomic E-state index is 14.3. The van der Waals surface area contributed by atoms with E-state index in [1.165, 1.54) is 43.0 Å². The number of carbonyl (C=O) groups excluding carboxylic acids is 2. The number of rotatable bonds is 3. The van der Waals surface area contributed by atoms with E-state index in [1.54, 1.807) is 18.4 Å². The van der Waals surface area contributed by atoms with Crippen molar-refractivity contribution in [3.05, 3.63) is 35.9 Å². The summed E-state index contributed by atoms with van der Waals surface area (Å²) in [7, 11) is 2.98. The SMILES string of the molecule is COc1cccc2c1O[C@]1(C(=O)N3O[C@H]4[C@H](O)C=C[C@@H](O)[C@@]4(O)C[C@@]3(SC)C(=O)N1C)[C@@H]2SC. The number of hydroxylamine groups is 2. The number of ether oxygens (including phenoxy) is 2. The lowest BCUT2D eigenvalue weighted by Crippen LogP contribution is -2.82. The van der Waals surface area contributed by atoms with Gasteiger partial charge >= 0.3 is 5.91 Å². The first kappa shape index (κ1) is 23.8. The Labute approximate surface area is 204 Å². The second-order valence-corrected chi connectivity index (χ2v) is 10.8. The van der Waals surface area contributed by atoms with Gasteiger partial charge in [-0.2, -0.15) is 16.8 Å². The van der Waals surface area contributed by atoms with Crippen molar-refractivity contribution in [2.45, 2.75) is 46.2 Å². The maximum atomic E-state index is 14.3. The molecule has 2 saturated heterocycles. The highest BCUT2D eigenvalue weighted by molar-refractivity contribution is 8.00. The van der Waals surface area contributed by atoms with Crippen LogP contribution in [0, 0.1) is 0 Å². The van der Waals surface area contributed by atoms with Crippen molar-refractivity contribution in [2.24, 2.45) is 0 Å². The van der Waals surface area contributed by atoms with E-state index < -0.39 is 51.6 Å². The molecule has 0 unspecified atom stereocenters. The van der Waals surface area contributed by atoms with E-state index in [0.29, 0.717) is 17.1 Å². The summed E-state index contributed by atoms with van der Waals surface area (Å²) in [5, 5.41) is 32.8. The molecule has 4 aliphatic rings. The Morgan fingerprint density at radius 2 is 1.91 bits per heavy atom. The van der Waals surface area contributed by atoms with Gasteiger partial charge in [0.2, 0.25) is 0 Å². The first-order valence-electron chi connectivity index (χ1n) is 10.6. The van der Waals surface area contributed by atoms with Crippen LogP contribution in [0.2, 0.25) is 0 Å². The summed E-state index contributed by atoms with van der Waals surface area (Å²) in [5.74, 6) is -0.402. The molecule has 12 heteroatoms. The minimum atomic E-state index is -1.99. The Balaban J connectivity index is 1.66. The van der Waals surface area contributed by atoms with E-state index in [4.69, 9.17) is 14.3 Å². The molecule has 3 aliphatic heterocycles. The highest BCUT2D eigenvalue weighted by Crippen LogP contribution is 2.60. The Bertz CT molecular complexity index is 1090. The summed E-state index contributed by atoms with van der Waals surface area (Å²) in [6, 6.07) is 5.31. The molecule has 0 saturated carbocycles. The second kappa shape index (κ2) is 7.77. The average molecular weight is 511 g/mol. The van der Waals surface area contributed by atoms with Gasteiger partial charge in [-0.25, -0.2) is 0 Å². The summed E-state index contributed by atoms with van der Waals surface area (Å²) in [6.07, 6.45) is 1.59. The number of likely N-dealkylation sites (N-methyl/N-ethyl adjacent to an activating group) is 1. The van der Waals surface area contributed by atoms with E-state index >= 15 is 0 Å². The number of hydrogen-bond donors (Lipinski definition) is 3. The molecule has 0 bridgehead atoms. The number of methoxy groups -OCH3 is 1. The maximum Gasteiger partial charge on any atom is 0.315 e. The molecule has 1 aliphatic carbocycles. The molecule has 34 heavy (non-hydrogen) atoms. The lowest BCUT2D eigenvalue weighted by atomic mass is 9.75. The number of aliphatic hydroxyl groups is 3. The predicted molar refractivity (Wildman–Crippen MR) is 124 cm³/mol. The number of para-hydroxylation sites is 1. The summed E-state index contributed by atoms with van der Waals surface area (Å²) < 4.78 is 11.7. The zero-order valence-electron chi connectivity index (χ0n) is 19.0. The molecule has 0 radical (unpaired) electrons. The Hall–Kier alpha value is -1.96. The summed E-state index contributed by atoms with van der Waals surface area (Å²) in [4.78, 5) is 33.8. The number of benzene rings is 1. The van der Waals surface area contributed by atoms with Gasteiger partial charge < -0.3 is 24.8 Å². The highest BCUT2D eigenvalue weighted by atomic mass is 32.2. The van der Waals surface area contributed by atoms with E-state index in [2.05, 4.69) is 0 Å². The number of amides is 2. The molecule has 3 heterocycles. The number of hydrogen-bond acceptors (Lipinski definition) is 10. The van der Waals surface area contributed by atoms with Gasteiger partial charge in [-0.15, -0.1) is 11.8 Å². The van der Waals surface area contributed by atoms with Gasteiger partial charge in [-0.05, 0) is 18.6 Å². The predicted octanol–water partition coefficient (Wildman–Crippen LogP) is 0.274. The highest BCUT2D eigenvalue weighted by Gasteiger charge is 2.74. The Kier molecular flexibility index (Phi) is 5.43. The quantitative estimate of drug-likeness (QED) is 0.488. The molecule has 10 nitrogen and oxygen atoms in total. The number of carbonyl (C=O) groups is 2. The van der Waals surface area contributed by atoms with Gasteiger partial charge in [0, 0.05) is 19.0 Å². The van der Waals surface area contributed by atoms with Crippen LogP contribution in [0.25, 0.3) is 0 Å². The van der Waals surface area contributed by atoms with Gasteiger partial charge in [-0.3, -0.25) is 19.3 Å². The van der Waals surface area contributed by atoms with Crippen LogP contribution in [0.3, 0.4) is 0 Å². The molecule has 1 aromatic rings. The zero-order valence-corrected chi connectivity index (χ0v) is 20.6. The number of aliphatic hydroxyl groups excluding tert-OH is 2. The normalized spacial score (nSPS) is 40.7. The molecule has 2 amide bonds. The monoisotopic (exact) mass is 510 g/mol. The summed E-state index contributed by atoms with van der Waals surface area (Å²) in [5.41, 5.74) is -3.08. The van der Waals surface area contributed by atoms with Crippen molar-refractivity contribution in [3.8, 4) is 11.5 Å². The van der Waals surface area contributed by atoms with Crippen molar-refractivity contribution in [3.63, 3.8) is 0 Å². The number of fused-ring (bicyclic) bond motifs is 3. The fourth-order valence-electron chi connectivity index (χ4n) is 5.40. The van der Waals surface area contributed by atoms with E-state index in [1.807, 2.05) is 12.3 Å².